The molecule has 0 aliphatic rings. The van der Waals surface area contributed by atoms with E-state index in [1.807, 2.05) is 73.8 Å². The Kier molecular flexibility index (Phi) is 12.1. The van der Waals surface area contributed by atoms with Crippen LogP contribution >= 0.6 is 11.8 Å². The van der Waals surface area contributed by atoms with Gasteiger partial charge in [0.1, 0.15) is 30.5 Å². The summed E-state index contributed by atoms with van der Waals surface area (Å²) in [6.07, 6.45) is 3.04. The first-order valence-electron chi connectivity index (χ1n) is 12.8. The van der Waals surface area contributed by atoms with Crippen LogP contribution in [-0.4, -0.2) is 60.2 Å². The molecular formula is C32H32LiNO6S. The number of aliphatic carboxylic acids is 1. The molecule has 1 atom stereocenters. The van der Waals surface area contributed by atoms with Crippen LogP contribution in [0.2, 0.25) is 0 Å². The van der Waals surface area contributed by atoms with E-state index in [9.17, 15) is 19.5 Å². The van der Waals surface area contributed by atoms with Crippen LogP contribution in [0.25, 0.3) is 22.5 Å². The molecule has 3 aromatic carbocycles. The molecule has 4 aromatic rings. The third kappa shape index (κ3) is 8.48. The molecule has 0 saturated carbocycles. The SMILES string of the molecule is CSCCC(NC(=O)c1ccc(COCc2ccc(-c3ccc(C=O)cc3)o2)cc1-c1ccccc1C)C(=O)O.[LiH]. The van der Waals surface area contributed by atoms with E-state index in [0.717, 1.165) is 28.5 Å². The number of thioether (sulfide) groups is 1. The van der Waals surface area contributed by atoms with Crippen molar-refractivity contribution in [2.75, 3.05) is 12.0 Å². The van der Waals surface area contributed by atoms with Crippen molar-refractivity contribution in [2.24, 2.45) is 0 Å². The van der Waals surface area contributed by atoms with Gasteiger partial charge in [0, 0.05) is 16.7 Å². The number of furan rings is 1. The third-order valence-electron chi connectivity index (χ3n) is 6.48. The van der Waals surface area contributed by atoms with E-state index in [4.69, 9.17) is 9.15 Å². The summed E-state index contributed by atoms with van der Waals surface area (Å²) >= 11 is 1.53. The zero-order chi connectivity index (χ0) is 28.5. The van der Waals surface area contributed by atoms with Crippen molar-refractivity contribution in [3.05, 3.63) is 107 Å². The molecule has 4 rings (SSSR count). The van der Waals surface area contributed by atoms with Gasteiger partial charge in [-0.25, -0.2) is 4.79 Å². The second-order valence-electron chi connectivity index (χ2n) is 9.34. The Hall–Kier alpha value is -3.54. The number of hydrogen-bond donors (Lipinski definition) is 2. The van der Waals surface area contributed by atoms with Crippen molar-refractivity contribution >= 4 is 48.8 Å². The summed E-state index contributed by atoms with van der Waals surface area (Å²) in [7, 11) is 0. The van der Waals surface area contributed by atoms with Crippen LogP contribution in [0.15, 0.2) is 83.3 Å². The number of carbonyl (C=O) groups is 3. The molecule has 0 radical (unpaired) electrons. The molecule has 2 N–H and O–H groups in total. The molecular weight excluding hydrogens is 533 g/mol. The maximum atomic E-state index is 13.3. The number of benzene rings is 3. The number of aldehydes is 1. The molecule has 0 saturated heterocycles. The number of rotatable bonds is 13. The number of carbonyl (C=O) groups excluding carboxylic acids is 2. The first-order valence-corrected chi connectivity index (χ1v) is 14.2. The van der Waals surface area contributed by atoms with E-state index in [2.05, 4.69) is 5.32 Å². The van der Waals surface area contributed by atoms with Crippen molar-refractivity contribution in [1.29, 1.82) is 0 Å². The van der Waals surface area contributed by atoms with Crippen molar-refractivity contribution in [3.8, 4) is 22.5 Å². The number of nitrogens with one attached hydrogen (secondary N) is 1. The molecule has 0 aliphatic heterocycles. The van der Waals surface area contributed by atoms with Gasteiger partial charge in [-0.3, -0.25) is 9.59 Å². The first-order chi connectivity index (χ1) is 19.4. The summed E-state index contributed by atoms with van der Waals surface area (Å²) in [6, 6.07) is 23.1. The Morgan fingerprint density at radius 1 is 1.00 bits per heavy atom. The first kappa shape index (κ1) is 32.0. The molecule has 9 heteroatoms. The van der Waals surface area contributed by atoms with Crippen molar-refractivity contribution in [3.63, 3.8) is 0 Å². The van der Waals surface area contributed by atoms with Gasteiger partial charge in [-0.15, -0.1) is 0 Å². The Bertz CT molecular complexity index is 1480. The third-order valence-corrected chi connectivity index (χ3v) is 7.13. The predicted molar refractivity (Wildman–Crippen MR) is 164 cm³/mol. The zero-order valence-electron chi connectivity index (χ0n) is 22.4. The van der Waals surface area contributed by atoms with Crippen LogP contribution in [0, 0.1) is 6.92 Å². The van der Waals surface area contributed by atoms with Crippen LogP contribution in [0.3, 0.4) is 0 Å². The van der Waals surface area contributed by atoms with Crippen molar-refractivity contribution < 1.29 is 28.6 Å². The van der Waals surface area contributed by atoms with E-state index in [0.29, 0.717) is 40.4 Å². The molecule has 0 bridgehead atoms. The number of ether oxygens (including phenoxy) is 1. The molecule has 41 heavy (non-hydrogen) atoms. The molecule has 0 fully saturated rings. The van der Waals surface area contributed by atoms with E-state index >= 15 is 0 Å². The average molecular weight is 566 g/mol. The van der Waals surface area contributed by atoms with Crippen LogP contribution < -0.4 is 5.32 Å². The van der Waals surface area contributed by atoms with Crippen molar-refractivity contribution in [1.82, 2.24) is 5.32 Å². The maximum absolute atomic E-state index is 13.3. The summed E-state index contributed by atoms with van der Waals surface area (Å²) in [5.74, 6) is 0.495. The summed E-state index contributed by atoms with van der Waals surface area (Å²) in [5, 5.41) is 12.3. The van der Waals surface area contributed by atoms with Gasteiger partial charge >= 0.3 is 24.8 Å². The molecule has 1 unspecified atom stereocenters. The number of aryl methyl sites for hydroxylation is 1. The van der Waals surface area contributed by atoms with Gasteiger partial charge in [0.2, 0.25) is 0 Å². The monoisotopic (exact) mass is 565 g/mol. The number of carboxylic acid groups (broad SMARTS) is 1. The summed E-state index contributed by atoms with van der Waals surface area (Å²) in [5.41, 5.74) is 5.34. The fourth-order valence-corrected chi connectivity index (χ4v) is 4.78. The molecule has 1 heterocycles. The number of amides is 1. The Morgan fingerprint density at radius 2 is 1.76 bits per heavy atom. The van der Waals surface area contributed by atoms with E-state index < -0.39 is 17.9 Å². The van der Waals surface area contributed by atoms with Gasteiger partial charge in [-0.1, -0.05) is 54.6 Å². The van der Waals surface area contributed by atoms with Gasteiger partial charge in [0.05, 0.1) is 6.61 Å². The number of hydrogen-bond acceptors (Lipinski definition) is 6. The van der Waals surface area contributed by atoms with Crippen LogP contribution in [0.5, 0.6) is 0 Å². The topological polar surface area (TPSA) is 106 Å². The zero-order valence-corrected chi connectivity index (χ0v) is 23.2. The Morgan fingerprint density at radius 3 is 2.44 bits per heavy atom. The van der Waals surface area contributed by atoms with Crippen LogP contribution in [-0.2, 0) is 22.7 Å². The van der Waals surface area contributed by atoms with E-state index in [1.54, 1.807) is 18.2 Å². The van der Waals surface area contributed by atoms with Gasteiger partial charge < -0.3 is 19.6 Å². The second kappa shape index (κ2) is 15.5. The summed E-state index contributed by atoms with van der Waals surface area (Å²) in [6.45, 7) is 2.51. The minimum atomic E-state index is -1.05. The Balaban J connectivity index is 0.00000462. The molecule has 1 amide bonds. The van der Waals surface area contributed by atoms with Gasteiger partial charge in [0.25, 0.3) is 5.91 Å². The fourth-order valence-electron chi connectivity index (χ4n) is 4.31. The predicted octanol–water partition coefficient (Wildman–Crippen LogP) is 5.74. The minimum absolute atomic E-state index is 0. The Labute approximate surface area is 255 Å². The average Bonchev–Trinajstić information content (AvgIpc) is 3.44. The molecule has 7 nitrogen and oxygen atoms in total. The molecule has 0 spiro atoms. The van der Waals surface area contributed by atoms with Crippen LogP contribution in [0.1, 0.15) is 44.0 Å². The fraction of sp³-hybridized carbons (Fsp3) is 0.219. The van der Waals surface area contributed by atoms with E-state index in [-0.39, 0.29) is 32.1 Å². The molecule has 208 valence electrons. The quantitative estimate of drug-likeness (QED) is 0.157. The molecule has 0 aliphatic carbocycles. The second-order valence-corrected chi connectivity index (χ2v) is 10.3. The van der Waals surface area contributed by atoms with Crippen molar-refractivity contribution in [2.45, 2.75) is 32.6 Å². The summed E-state index contributed by atoms with van der Waals surface area (Å²) in [4.78, 5) is 35.9. The van der Waals surface area contributed by atoms with Gasteiger partial charge in [0.15, 0.2) is 0 Å². The van der Waals surface area contributed by atoms with Crippen LogP contribution in [0.4, 0.5) is 0 Å². The standard InChI is InChI=1S/C32H31NO6S.Li.H/c1-21-5-3-4-6-26(21)28-17-23(9-13-27(28)31(35)33-29(32(36)37)15-16-40-2)19-38-20-25-12-14-30(39-25)24-10-7-22(18-34)8-11-24;;/h3-14,17-18,29H,15-16,19-20H2,1-2H3,(H,33,35)(H,36,37);;. The normalized spacial score (nSPS) is 11.4. The van der Waals surface area contributed by atoms with Gasteiger partial charge in [-0.05, 0) is 71.9 Å². The summed E-state index contributed by atoms with van der Waals surface area (Å²) < 4.78 is 11.8. The van der Waals surface area contributed by atoms with Gasteiger partial charge in [-0.2, -0.15) is 11.8 Å². The molecule has 1 aromatic heterocycles. The number of carboxylic acids is 1. The van der Waals surface area contributed by atoms with E-state index in [1.165, 1.54) is 11.8 Å².